The molecule has 2 aromatic heterocycles. The van der Waals surface area contributed by atoms with Gasteiger partial charge in [-0.25, -0.2) is 27.2 Å². The number of likely N-dealkylation sites (tertiary alicyclic amines) is 2. The van der Waals surface area contributed by atoms with Crippen LogP contribution in [0.15, 0.2) is 78.1 Å². The second kappa shape index (κ2) is 13.4. The van der Waals surface area contributed by atoms with E-state index in [1.54, 1.807) is 41.4 Å². The number of aryl methyl sites for hydroxylation is 1. The number of benzene rings is 2. The van der Waals surface area contributed by atoms with Gasteiger partial charge in [-0.1, -0.05) is 54.4 Å². The van der Waals surface area contributed by atoms with Crippen molar-refractivity contribution in [1.82, 2.24) is 23.7 Å². The number of amides is 1. The van der Waals surface area contributed by atoms with Gasteiger partial charge in [0.2, 0.25) is 0 Å². The van der Waals surface area contributed by atoms with Crippen LogP contribution in [0.4, 0.5) is 10.6 Å². The number of carbonyl (C=O) groups is 1. The molecule has 2 saturated heterocycles. The molecule has 44 heavy (non-hydrogen) atoms. The Morgan fingerprint density at radius 3 is 2.50 bits per heavy atom. The summed E-state index contributed by atoms with van der Waals surface area (Å²) in [6.45, 7) is 7.00. The zero-order valence-corrected chi connectivity index (χ0v) is 26.0. The van der Waals surface area contributed by atoms with Gasteiger partial charge in [-0.3, -0.25) is 0 Å². The molecule has 0 saturated carbocycles. The average molecular weight is 617 g/mol. The molecule has 0 bridgehead atoms. The van der Waals surface area contributed by atoms with E-state index in [0.717, 1.165) is 43.6 Å². The molecule has 1 amide bonds. The Kier molecular flexibility index (Phi) is 9.13. The van der Waals surface area contributed by atoms with Crippen molar-refractivity contribution in [3.05, 3.63) is 84.3 Å². The van der Waals surface area contributed by atoms with Crippen molar-refractivity contribution in [2.45, 2.75) is 56.6 Å². The number of aromatic nitrogens is 3. The van der Waals surface area contributed by atoms with Crippen molar-refractivity contribution in [3.63, 3.8) is 0 Å². The third-order valence-corrected chi connectivity index (χ3v) is 10.4. The molecule has 232 valence electrons. The minimum Gasteiger partial charge on any atom is -0.445 e. The maximum atomic E-state index is 13.6. The number of ether oxygens (including phenoxy) is 1. The smallest absolute Gasteiger partial charge is 0.410 e. The number of hydrogen-bond acceptors (Lipinski definition) is 8. The summed E-state index contributed by atoms with van der Waals surface area (Å²) < 4.78 is 34.2. The molecule has 0 aliphatic carbocycles. The quantitative estimate of drug-likeness (QED) is 0.257. The van der Waals surface area contributed by atoms with Gasteiger partial charge in [0, 0.05) is 38.4 Å². The van der Waals surface area contributed by atoms with Crippen LogP contribution < -0.4 is 4.90 Å². The van der Waals surface area contributed by atoms with Gasteiger partial charge in [0.15, 0.2) is 5.65 Å². The molecule has 2 fully saturated rings. The number of rotatable bonds is 9. The van der Waals surface area contributed by atoms with Crippen LogP contribution in [0, 0.1) is 6.92 Å². The zero-order valence-electron chi connectivity index (χ0n) is 25.2. The second-order valence-corrected chi connectivity index (χ2v) is 13.6. The Morgan fingerprint density at radius 1 is 0.955 bits per heavy atom. The van der Waals surface area contributed by atoms with Crippen molar-refractivity contribution < 1.29 is 17.9 Å². The Labute approximate surface area is 259 Å². The Bertz CT molecular complexity index is 1670. The van der Waals surface area contributed by atoms with Crippen LogP contribution in [0.25, 0.3) is 11.0 Å². The second-order valence-electron chi connectivity index (χ2n) is 11.7. The van der Waals surface area contributed by atoms with E-state index in [0.29, 0.717) is 36.5 Å². The van der Waals surface area contributed by atoms with Crippen LogP contribution in [0.2, 0.25) is 0 Å². The SMILES string of the molecule is Cc1ccc(S(=O)(=O)n2ccc3c(N(CCN4CCCCC4)C4CCCN(C(=O)OCc5ccccc5)C4)ncnc32)cc1. The first-order valence-corrected chi connectivity index (χ1v) is 16.9. The maximum Gasteiger partial charge on any atom is 0.410 e. The molecule has 2 aromatic carbocycles. The third-order valence-electron chi connectivity index (χ3n) is 8.68. The monoisotopic (exact) mass is 616 g/mol. The Morgan fingerprint density at radius 2 is 1.73 bits per heavy atom. The summed E-state index contributed by atoms with van der Waals surface area (Å²) in [7, 11) is -3.85. The fourth-order valence-electron chi connectivity index (χ4n) is 6.24. The molecule has 4 aromatic rings. The molecule has 4 heterocycles. The minimum atomic E-state index is -3.85. The fourth-order valence-corrected chi connectivity index (χ4v) is 7.54. The highest BCUT2D eigenvalue weighted by molar-refractivity contribution is 7.90. The minimum absolute atomic E-state index is 0.00651. The van der Waals surface area contributed by atoms with E-state index in [1.807, 2.05) is 37.3 Å². The number of fused-ring (bicyclic) bond motifs is 1. The van der Waals surface area contributed by atoms with Crippen molar-refractivity contribution in [1.29, 1.82) is 0 Å². The first kappa shape index (κ1) is 30.1. The number of carbonyl (C=O) groups excluding carboxylic acids is 1. The van der Waals surface area contributed by atoms with Crippen molar-refractivity contribution in [2.75, 3.05) is 44.2 Å². The molecule has 11 heteroatoms. The fraction of sp³-hybridized carbons (Fsp3) is 0.424. The lowest BCUT2D eigenvalue weighted by Gasteiger charge is -2.40. The largest absolute Gasteiger partial charge is 0.445 e. The van der Waals surface area contributed by atoms with Crippen molar-refractivity contribution >= 4 is 33.0 Å². The number of piperidine rings is 2. The molecule has 10 nitrogen and oxygen atoms in total. The number of nitrogens with zero attached hydrogens (tertiary/aromatic N) is 6. The lowest BCUT2D eigenvalue weighted by atomic mass is 10.0. The summed E-state index contributed by atoms with van der Waals surface area (Å²) in [4.78, 5) is 29.0. The highest BCUT2D eigenvalue weighted by atomic mass is 32.2. The van der Waals surface area contributed by atoms with E-state index in [2.05, 4.69) is 14.8 Å². The van der Waals surface area contributed by atoms with Crippen LogP contribution in [-0.4, -0.2) is 83.6 Å². The molecule has 0 spiro atoms. The van der Waals surface area contributed by atoms with Crippen molar-refractivity contribution in [2.24, 2.45) is 0 Å². The van der Waals surface area contributed by atoms with Gasteiger partial charge in [0.05, 0.1) is 10.3 Å². The predicted molar refractivity (Wildman–Crippen MR) is 170 cm³/mol. The Balaban J connectivity index is 1.28. The van der Waals surface area contributed by atoms with E-state index < -0.39 is 10.0 Å². The topological polar surface area (TPSA) is 101 Å². The molecule has 0 radical (unpaired) electrons. The van der Waals surface area contributed by atoms with Gasteiger partial charge < -0.3 is 19.4 Å². The van der Waals surface area contributed by atoms with Gasteiger partial charge in [-0.2, -0.15) is 0 Å². The molecular formula is C33H40N6O4S. The van der Waals surface area contributed by atoms with E-state index in [1.165, 1.54) is 29.6 Å². The van der Waals surface area contributed by atoms with Crippen LogP contribution in [0.3, 0.4) is 0 Å². The first-order valence-electron chi connectivity index (χ1n) is 15.5. The highest BCUT2D eigenvalue weighted by Gasteiger charge is 2.32. The molecule has 1 unspecified atom stereocenters. The van der Waals surface area contributed by atoms with Crippen LogP contribution >= 0.6 is 0 Å². The standard InChI is InChI=1S/C33H40N6O4S/c1-26-12-14-29(15-13-26)44(41,42)39-20-16-30-31(34-25-35-32(30)39)38(22-21-36-17-6-3-7-18-36)28-11-8-19-37(23-28)33(40)43-24-27-9-4-2-5-10-27/h2,4-5,9-10,12-16,20,25,28H,3,6-8,11,17-19,21-24H2,1H3. The van der Waals surface area contributed by atoms with E-state index >= 15 is 0 Å². The van der Waals surface area contributed by atoms with Crippen LogP contribution in [0.1, 0.15) is 43.2 Å². The average Bonchev–Trinajstić information content (AvgIpc) is 3.51. The molecule has 6 rings (SSSR count). The number of anilines is 1. The van der Waals surface area contributed by atoms with Gasteiger partial charge in [-0.05, 0) is 69.5 Å². The summed E-state index contributed by atoms with van der Waals surface area (Å²) in [6.07, 6.45) is 8.06. The maximum absolute atomic E-state index is 13.6. The normalized spacial score (nSPS) is 17.9. The summed E-state index contributed by atoms with van der Waals surface area (Å²) in [5, 5.41) is 0.672. The molecule has 1 atom stereocenters. The summed E-state index contributed by atoms with van der Waals surface area (Å²) >= 11 is 0. The Hall–Kier alpha value is -3.96. The van der Waals surface area contributed by atoms with Crippen LogP contribution in [0.5, 0.6) is 0 Å². The summed E-state index contributed by atoms with van der Waals surface area (Å²) in [5.41, 5.74) is 2.28. The summed E-state index contributed by atoms with van der Waals surface area (Å²) in [5.74, 6) is 0.689. The third kappa shape index (κ3) is 6.58. The highest BCUT2D eigenvalue weighted by Crippen LogP contribution is 2.30. The van der Waals surface area contributed by atoms with Gasteiger partial charge in [0.25, 0.3) is 10.0 Å². The molecular weight excluding hydrogens is 576 g/mol. The molecule has 2 aliphatic rings. The zero-order chi connectivity index (χ0) is 30.5. The van der Waals surface area contributed by atoms with E-state index in [9.17, 15) is 13.2 Å². The van der Waals surface area contributed by atoms with Gasteiger partial charge >= 0.3 is 6.09 Å². The van der Waals surface area contributed by atoms with E-state index in [4.69, 9.17) is 9.72 Å². The summed E-state index contributed by atoms with van der Waals surface area (Å²) in [6, 6.07) is 18.3. The predicted octanol–water partition coefficient (Wildman–Crippen LogP) is 5.07. The lowest BCUT2D eigenvalue weighted by molar-refractivity contribution is 0.0852. The van der Waals surface area contributed by atoms with Crippen LogP contribution in [-0.2, 0) is 21.4 Å². The van der Waals surface area contributed by atoms with Gasteiger partial charge in [-0.15, -0.1) is 0 Å². The van der Waals surface area contributed by atoms with Crippen molar-refractivity contribution in [3.8, 4) is 0 Å². The lowest BCUT2D eigenvalue weighted by Crippen LogP contribution is -2.52. The van der Waals surface area contributed by atoms with Gasteiger partial charge in [0.1, 0.15) is 18.8 Å². The molecule has 0 N–H and O–H groups in total. The van der Waals surface area contributed by atoms with E-state index in [-0.39, 0.29) is 23.6 Å². The first-order chi connectivity index (χ1) is 21.4. The molecule has 2 aliphatic heterocycles. The number of hydrogen-bond donors (Lipinski definition) is 0.